The van der Waals surface area contributed by atoms with E-state index in [0.29, 0.717) is 13.2 Å². The van der Waals surface area contributed by atoms with Crippen LogP contribution in [0.1, 0.15) is 19.4 Å². The van der Waals surface area contributed by atoms with Crippen LogP contribution >= 0.6 is 24.8 Å². The summed E-state index contributed by atoms with van der Waals surface area (Å²) < 4.78 is 5.46. The molecular weight excluding hydrogens is 337 g/mol. The second kappa shape index (κ2) is 11.6. The van der Waals surface area contributed by atoms with Crippen molar-refractivity contribution in [1.29, 1.82) is 0 Å². The first-order valence-electron chi connectivity index (χ1n) is 7.67. The molecule has 1 unspecified atom stereocenters. The molecule has 1 saturated heterocycles. The highest BCUT2D eigenvalue weighted by molar-refractivity contribution is 5.94. The molecule has 132 valence electrons. The second-order valence-electron chi connectivity index (χ2n) is 5.21. The van der Waals surface area contributed by atoms with Crippen LogP contribution in [0.3, 0.4) is 0 Å². The molecule has 1 atom stereocenters. The highest BCUT2D eigenvalue weighted by Crippen LogP contribution is 2.13. The van der Waals surface area contributed by atoms with Crippen molar-refractivity contribution < 1.29 is 9.53 Å². The molecule has 2 rings (SSSR count). The second-order valence-corrected chi connectivity index (χ2v) is 5.21. The van der Waals surface area contributed by atoms with E-state index in [4.69, 9.17) is 4.74 Å². The van der Waals surface area contributed by atoms with Gasteiger partial charge in [-0.2, -0.15) is 0 Å². The van der Waals surface area contributed by atoms with Gasteiger partial charge >= 0.3 is 0 Å². The Morgan fingerprint density at radius 3 is 2.70 bits per heavy atom. The Morgan fingerprint density at radius 2 is 2.09 bits per heavy atom. The van der Waals surface area contributed by atoms with Crippen molar-refractivity contribution in [3.05, 3.63) is 29.8 Å². The molecule has 7 heteroatoms. The van der Waals surface area contributed by atoms with Crippen molar-refractivity contribution in [2.45, 2.75) is 26.5 Å². The number of morpholine rings is 1. The minimum atomic E-state index is -0.398. The molecule has 0 spiro atoms. The third-order valence-corrected chi connectivity index (χ3v) is 3.72. The Kier molecular flexibility index (Phi) is 11.2. The average Bonchev–Trinajstić information content (AvgIpc) is 2.53. The number of benzene rings is 1. The zero-order chi connectivity index (χ0) is 15.1. The van der Waals surface area contributed by atoms with Gasteiger partial charge in [-0.3, -0.25) is 9.69 Å². The number of ether oxygens (including phenoxy) is 1. The number of halogens is 2. The average molecular weight is 364 g/mol. The molecule has 1 fully saturated rings. The van der Waals surface area contributed by atoms with Crippen molar-refractivity contribution in [3.63, 3.8) is 0 Å². The number of nitrogens with zero attached hydrogens (tertiary/aromatic N) is 1. The molecule has 1 amide bonds. The summed E-state index contributed by atoms with van der Waals surface area (Å²) in [6.07, 6.45) is -0.398. The van der Waals surface area contributed by atoms with Gasteiger partial charge in [0.05, 0.1) is 6.61 Å². The normalized spacial score (nSPS) is 17.1. The van der Waals surface area contributed by atoms with Crippen LogP contribution in [0, 0.1) is 0 Å². The van der Waals surface area contributed by atoms with Gasteiger partial charge in [-0.05, 0) is 30.8 Å². The summed E-state index contributed by atoms with van der Waals surface area (Å²) in [7, 11) is 0. The number of rotatable bonds is 6. The van der Waals surface area contributed by atoms with Crippen LogP contribution in [0.5, 0.6) is 0 Å². The van der Waals surface area contributed by atoms with Gasteiger partial charge in [-0.25, -0.2) is 0 Å². The Bertz CT molecular complexity index is 464. The van der Waals surface area contributed by atoms with Crippen LogP contribution in [-0.2, 0) is 16.1 Å². The van der Waals surface area contributed by atoms with Gasteiger partial charge in [-0.1, -0.05) is 26.0 Å². The fourth-order valence-corrected chi connectivity index (χ4v) is 2.41. The summed E-state index contributed by atoms with van der Waals surface area (Å²) in [5.41, 5.74) is 2.04. The fraction of sp³-hybridized carbons (Fsp3) is 0.562. The smallest absolute Gasteiger partial charge is 0.254 e. The highest BCUT2D eigenvalue weighted by Gasteiger charge is 2.21. The number of anilines is 1. The van der Waals surface area contributed by atoms with Crippen LogP contribution in [0.15, 0.2) is 24.3 Å². The van der Waals surface area contributed by atoms with Crippen LogP contribution in [0.25, 0.3) is 0 Å². The van der Waals surface area contributed by atoms with E-state index in [2.05, 4.69) is 35.4 Å². The van der Waals surface area contributed by atoms with Crippen LogP contribution < -0.4 is 10.6 Å². The maximum atomic E-state index is 12.1. The Balaban J connectivity index is 0.00000242. The number of nitrogens with one attached hydrogen (secondary N) is 2. The lowest BCUT2D eigenvalue weighted by atomic mass is 10.1. The van der Waals surface area contributed by atoms with Crippen molar-refractivity contribution >= 4 is 36.4 Å². The molecule has 1 aliphatic rings. The van der Waals surface area contributed by atoms with Crippen molar-refractivity contribution in [2.24, 2.45) is 0 Å². The maximum Gasteiger partial charge on any atom is 0.254 e. The lowest BCUT2D eigenvalue weighted by Crippen LogP contribution is -2.45. The zero-order valence-electron chi connectivity index (χ0n) is 13.7. The van der Waals surface area contributed by atoms with E-state index in [0.717, 1.165) is 31.9 Å². The van der Waals surface area contributed by atoms with E-state index in [1.54, 1.807) is 0 Å². The number of hydrogen-bond acceptors (Lipinski definition) is 4. The fourth-order valence-electron chi connectivity index (χ4n) is 2.41. The number of hydrogen-bond donors (Lipinski definition) is 2. The predicted molar refractivity (Wildman–Crippen MR) is 98.8 cm³/mol. The molecule has 23 heavy (non-hydrogen) atoms. The van der Waals surface area contributed by atoms with Crippen molar-refractivity contribution in [1.82, 2.24) is 10.2 Å². The largest absolute Gasteiger partial charge is 0.366 e. The summed E-state index contributed by atoms with van der Waals surface area (Å²) in [6, 6.07) is 8.02. The zero-order valence-corrected chi connectivity index (χ0v) is 15.3. The molecule has 0 aromatic heterocycles. The first-order valence-corrected chi connectivity index (χ1v) is 7.67. The first kappa shape index (κ1) is 22.1. The van der Waals surface area contributed by atoms with E-state index in [9.17, 15) is 4.79 Å². The Hall–Kier alpha value is -0.850. The lowest BCUT2D eigenvalue weighted by molar-refractivity contribution is -0.128. The van der Waals surface area contributed by atoms with Crippen molar-refractivity contribution in [3.8, 4) is 0 Å². The highest BCUT2D eigenvalue weighted by atomic mass is 35.5. The summed E-state index contributed by atoms with van der Waals surface area (Å²) in [5.74, 6) is -0.0813. The lowest BCUT2D eigenvalue weighted by Gasteiger charge is -2.23. The SMILES string of the molecule is CCN(CC)Cc1cccc(NC(=O)C2CNCCO2)c1.Cl.Cl. The molecule has 1 aromatic rings. The number of carbonyl (C=O) groups excluding carboxylic acids is 1. The number of amides is 1. The molecule has 0 bridgehead atoms. The van der Waals surface area contributed by atoms with Gasteiger partial charge < -0.3 is 15.4 Å². The minimum Gasteiger partial charge on any atom is -0.366 e. The van der Waals surface area contributed by atoms with Crippen LogP contribution in [0.2, 0.25) is 0 Å². The molecule has 1 aliphatic heterocycles. The van der Waals surface area contributed by atoms with Crippen LogP contribution in [-0.4, -0.2) is 49.7 Å². The number of carbonyl (C=O) groups is 1. The molecule has 1 aromatic carbocycles. The standard InChI is InChI=1S/C16H25N3O2.2ClH/c1-3-19(4-2)12-13-6-5-7-14(10-13)18-16(20)15-11-17-8-9-21-15;;/h5-7,10,15,17H,3-4,8-9,11-12H2,1-2H3,(H,18,20);2*1H. The Labute approximate surface area is 151 Å². The van der Waals surface area contributed by atoms with Gasteiger partial charge in [0.15, 0.2) is 0 Å². The van der Waals surface area contributed by atoms with Gasteiger partial charge in [0.2, 0.25) is 0 Å². The van der Waals surface area contributed by atoms with Crippen molar-refractivity contribution in [2.75, 3.05) is 38.1 Å². The summed E-state index contributed by atoms with van der Waals surface area (Å²) in [6.45, 7) is 9.22. The summed E-state index contributed by atoms with van der Waals surface area (Å²) in [5, 5.41) is 6.10. The summed E-state index contributed by atoms with van der Waals surface area (Å²) >= 11 is 0. The predicted octanol–water partition coefficient (Wildman–Crippen LogP) is 2.30. The van der Waals surface area contributed by atoms with Gasteiger partial charge in [0, 0.05) is 25.3 Å². The molecule has 1 heterocycles. The van der Waals surface area contributed by atoms with E-state index >= 15 is 0 Å². The van der Waals surface area contributed by atoms with Gasteiger partial charge in [-0.15, -0.1) is 24.8 Å². The maximum absolute atomic E-state index is 12.1. The quantitative estimate of drug-likeness (QED) is 0.813. The van der Waals surface area contributed by atoms with Gasteiger partial charge in [0.1, 0.15) is 6.10 Å². The monoisotopic (exact) mass is 363 g/mol. The molecular formula is C16H27Cl2N3O2. The molecule has 0 saturated carbocycles. The van der Waals surface area contributed by atoms with E-state index < -0.39 is 6.10 Å². The molecule has 2 N–H and O–H groups in total. The van der Waals surface area contributed by atoms with E-state index in [1.165, 1.54) is 5.56 Å². The van der Waals surface area contributed by atoms with E-state index in [1.807, 2.05) is 18.2 Å². The molecule has 0 radical (unpaired) electrons. The third-order valence-electron chi connectivity index (χ3n) is 3.72. The van der Waals surface area contributed by atoms with Gasteiger partial charge in [0.25, 0.3) is 5.91 Å². The third kappa shape index (κ3) is 7.06. The summed E-state index contributed by atoms with van der Waals surface area (Å²) in [4.78, 5) is 14.5. The Morgan fingerprint density at radius 1 is 1.35 bits per heavy atom. The minimum absolute atomic E-state index is 0. The molecule has 5 nitrogen and oxygen atoms in total. The topological polar surface area (TPSA) is 53.6 Å². The van der Waals surface area contributed by atoms with Crippen LogP contribution in [0.4, 0.5) is 5.69 Å². The van der Waals surface area contributed by atoms with E-state index in [-0.39, 0.29) is 30.7 Å². The first-order chi connectivity index (χ1) is 10.2. The molecule has 0 aliphatic carbocycles.